The number of nitrogens with one attached hydrogen (secondary N) is 1. The van der Waals surface area contributed by atoms with E-state index in [1.807, 2.05) is 43.3 Å². The molecule has 4 aromatic rings. The first-order valence-corrected chi connectivity index (χ1v) is 10.2. The van der Waals surface area contributed by atoms with Crippen LogP contribution < -0.4 is 20.7 Å². The van der Waals surface area contributed by atoms with Crippen molar-refractivity contribution < 1.29 is 9.15 Å². The Balaban J connectivity index is 1.70. The summed E-state index contributed by atoms with van der Waals surface area (Å²) in [7, 11) is 1.67. The first kappa shape index (κ1) is 18.4. The van der Waals surface area contributed by atoms with Crippen molar-refractivity contribution in [2.24, 2.45) is 0 Å². The SMILES string of the molecule is COc1cccc2c(NCc3ccccc3)nc(-c3c(C)oc4c3=CCCC=4)nc12. The number of para-hydroxylation sites is 1. The van der Waals surface area contributed by atoms with Crippen LogP contribution in [0.4, 0.5) is 5.82 Å². The minimum Gasteiger partial charge on any atom is -0.494 e. The van der Waals surface area contributed by atoms with E-state index >= 15 is 0 Å². The van der Waals surface area contributed by atoms with Crippen molar-refractivity contribution in [3.05, 3.63) is 70.5 Å². The van der Waals surface area contributed by atoms with Gasteiger partial charge in [-0.2, -0.15) is 0 Å². The zero-order valence-electron chi connectivity index (χ0n) is 17.1. The monoisotopic (exact) mass is 397 g/mol. The maximum Gasteiger partial charge on any atom is 0.166 e. The molecule has 30 heavy (non-hydrogen) atoms. The van der Waals surface area contributed by atoms with Crippen molar-refractivity contribution in [3.8, 4) is 17.1 Å². The molecule has 1 aliphatic rings. The lowest BCUT2D eigenvalue weighted by Crippen LogP contribution is -2.24. The Hall–Kier alpha value is -3.60. The van der Waals surface area contributed by atoms with Crippen molar-refractivity contribution in [3.63, 3.8) is 0 Å². The Morgan fingerprint density at radius 1 is 1.00 bits per heavy atom. The van der Waals surface area contributed by atoms with Crippen molar-refractivity contribution in [2.45, 2.75) is 26.3 Å². The molecule has 0 amide bonds. The number of anilines is 1. The summed E-state index contributed by atoms with van der Waals surface area (Å²) in [6.07, 6.45) is 6.35. The first-order chi connectivity index (χ1) is 14.7. The number of rotatable bonds is 5. The van der Waals surface area contributed by atoms with Crippen molar-refractivity contribution in [1.29, 1.82) is 0 Å². The molecular formula is C25H23N3O2. The number of aryl methyl sites for hydroxylation is 1. The fourth-order valence-electron chi connectivity index (χ4n) is 3.98. The van der Waals surface area contributed by atoms with Gasteiger partial charge in [0.25, 0.3) is 0 Å². The molecule has 0 radical (unpaired) electrons. The summed E-state index contributed by atoms with van der Waals surface area (Å²) in [5.74, 6) is 2.99. The van der Waals surface area contributed by atoms with Gasteiger partial charge in [0.15, 0.2) is 5.82 Å². The number of aromatic nitrogens is 2. The summed E-state index contributed by atoms with van der Waals surface area (Å²) in [6.45, 7) is 2.65. The third kappa shape index (κ3) is 3.22. The molecule has 1 aliphatic carbocycles. The Morgan fingerprint density at radius 2 is 1.83 bits per heavy atom. The molecule has 5 nitrogen and oxygen atoms in total. The summed E-state index contributed by atoms with van der Waals surface area (Å²) >= 11 is 0. The van der Waals surface area contributed by atoms with Crippen LogP contribution in [0.1, 0.15) is 24.2 Å². The second-order valence-electron chi connectivity index (χ2n) is 7.39. The first-order valence-electron chi connectivity index (χ1n) is 10.2. The summed E-state index contributed by atoms with van der Waals surface area (Å²) in [4.78, 5) is 9.83. The van der Waals surface area contributed by atoms with E-state index in [0.29, 0.717) is 12.4 Å². The van der Waals surface area contributed by atoms with E-state index in [4.69, 9.17) is 19.1 Å². The smallest absolute Gasteiger partial charge is 0.166 e. The van der Waals surface area contributed by atoms with Gasteiger partial charge < -0.3 is 14.5 Å². The lowest BCUT2D eigenvalue weighted by Gasteiger charge is -2.13. The highest BCUT2D eigenvalue weighted by Gasteiger charge is 2.18. The van der Waals surface area contributed by atoms with Crippen LogP contribution in [0.3, 0.4) is 0 Å². The van der Waals surface area contributed by atoms with Crippen LogP contribution >= 0.6 is 0 Å². The predicted octanol–water partition coefficient (Wildman–Crippen LogP) is 4.17. The maximum absolute atomic E-state index is 6.01. The lowest BCUT2D eigenvalue weighted by molar-refractivity contribution is 0.419. The largest absolute Gasteiger partial charge is 0.494 e. The van der Waals surface area contributed by atoms with Gasteiger partial charge >= 0.3 is 0 Å². The van der Waals surface area contributed by atoms with E-state index in [1.54, 1.807) is 7.11 Å². The highest BCUT2D eigenvalue weighted by molar-refractivity contribution is 5.94. The van der Waals surface area contributed by atoms with E-state index in [2.05, 4.69) is 29.6 Å². The molecule has 0 bridgehead atoms. The van der Waals surface area contributed by atoms with Crippen LogP contribution in [0.5, 0.6) is 5.75 Å². The van der Waals surface area contributed by atoms with Gasteiger partial charge in [-0.25, -0.2) is 9.97 Å². The molecule has 5 heteroatoms. The van der Waals surface area contributed by atoms with Crippen molar-refractivity contribution in [2.75, 3.05) is 12.4 Å². The van der Waals surface area contributed by atoms with Crippen LogP contribution in [-0.4, -0.2) is 17.1 Å². The fourth-order valence-corrected chi connectivity index (χ4v) is 3.98. The van der Waals surface area contributed by atoms with Crippen LogP contribution in [-0.2, 0) is 6.54 Å². The molecule has 0 fully saturated rings. The minimum atomic E-state index is 0.650. The van der Waals surface area contributed by atoms with E-state index in [1.165, 1.54) is 5.56 Å². The summed E-state index contributed by atoms with van der Waals surface area (Å²) in [5.41, 5.74) is 3.84. The molecule has 2 heterocycles. The molecule has 0 atom stereocenters. The molecule has 5 rings (SSSR count). The van der Waals surface area contributed by atoms with E-state index in [-0.39, 0.29) is 0 Å². The second kappa shape index (κ2) is 7.67. The van der Waals surface area contributed by atoms with Crippen molar-refractivity contribution in [1.82, 2.24) is 9.97 Å². The van der Waals surface area contributed by atoms with Crippen LogP contribution in [0.2, 0.25) is 0 Å². The predicted molar refractivity (Wildman–Crippen MR) is 120 cm³/mol. The average molecular weight is 397 g/mol. The number of methoxy groups -OCH3 is 1. The Bertz CT molecular complexity index is 1340. The minimum absolute atomic E-state index is 0.650. The van der Waals surface area contributed by atoms with Gasteiger partial charge in [-0.15, -0.1) is 0 Å². The molecule has 2 aromatic carbocycles. The standard InChI is InChI=1S/C25H23N3O2/c1-16-22(18-11-6-7-13-20(18)30-16)25-27-23-19(12-8-14-21(23)29-2)24(28-25)26-15-17-9-4-3-5-10-17/h3-5,8-14H,6-7,15H2,1-2H3,(H,26,27,28). The van der Waals surface area contributed by atoms with E-state index in [9.17, 15) is 0 Å². The molecule has 0 aliphatic heterocycles. The quantitative estimate of drug-likeness (QED) is 0.548. The Morgan fingerprint density at radius 3 is 2.67 bits per heavy atom. The summed E-state index contributed by atoms with van der Waals surface area (Å²) in [6, 6.07) is 16.2. The topological polar surface area (TPSA) is 60.2 Å². The average Bonchev–Trinajstić information content (AvgIpc) is 3.13. The summed E-state index contributed by atoms with van der Waals surface area (Å²) in [5, 5.41) is 5.52. The zero-order chi connectivity index (χ0) is 20.5. The van der Waals surface area contributed by atoms with Gasteiger partial charge in [0, 0.05) is 17.1 Å². The van der Waals surface area contributed by atoms with E-state index < -0.39 is 0 Å². The Kier molecular flexibility index (Phi) is 4.71. The van der Waals surface area contributed by atoms with Gasteiger partial charge in [-0.05, 0) is 43.5 Å². The third-order valence-electron chi connectivity index (χ3n) is 5.43. The number of fused-ring (bicyclic) bond motifs is 2. The van der Waals surface area contributed by atoms with Gasteiger partial charge in [0.1, 0.15) is 28.3 Å². The molecule has 0 saturated carbocycles. The summed E-state index contributed by atoms with van der Waals surface area (Å²) < 4.78 is 11.6. The molecule has 0 unspecified atom stereocenters. The number of hydrogen-bond donors (Lipinski definition) is 1. The number of ether oxygens (including phenoxy) is 1. The van der Waals surface area contributed by atoms with E-state index in [0.717, 1.165) is 57.3 Å². The van der Waals surface area contributed by atoms with Crippen LogP contribution in [0.15, 0.2) is 52.9 Å². The number of furan rings is 1. The third-order valence-corrected chi connectivity index (χ3v) is 5.43. The Labute approximate surface area is 174 Å². The molecule has 1 N–H and O–H groups in total. The fraction of sp³-hybridized carbons (Fsp3) is 0.200. The molecule has 2 aromatic heterocycles. The highest BCUT2D eigenvalue weighted by atomic mass is 16.5. The van der Waals surface area contributed by atoms with Crippen LogP contribution in [0, 0.1) is 6.92 Å². The number of benzene rings is 2. The maximum atomic E-state index is 6.01. The van der Waals surface area contributed by atoms with Gasteiger partial charge in [0.05, 0.1) is 12.7 Å². The molecule has 0 spiro atoms. The number of hydrogen-bond acceptors (Lipinski definition) is 5. The zero-order valence-corrected chi connectivity index (χ0v) is 17.1. The molecule has 150 valence electrons. The second-order valence-corrected chi connectivity index (χ2v) is 7.39. The highest BCUT2D eigenvalue weighted by Crippen LogP contribution is 2.31. The molecule has 0 saturated heterocycles. The van der Waals surface area contributed by atoms with Crippen molar-refractivity contribution >= 4 is 28.9 Å². The van der Waals surface area contributed by atoms with Crippen LogP contribution in [0.25, 0.3) is 34.4 Å². The lowest BCUT2D eigenvalue weighted by atomic mass is 10.1. The van der Waals surface area contributed by atoms with Gasteiger partial charge in [0.2, 0.25) is 0 Å². The van der Waals surface area contributed by atoms with Gasteiger partial charge in [-0.3, -0.25) is 0 Å². The van der Waals surface area contributed by atoms with Gasteiger partial charge in [-0.1, -0.05) is 42.5 Å². The normalized spacial score (nSPS) is 12.7. The molecular weight excluding hydrogens is 374 g/mol. The number of nitrogens with zero attached hydrogens (tertiary/aromatic N) is 2.